The maximum absolute atomic E-state index is 6.23. The van der Waals surface area contributed by atoms with Crippen LogP contribution in [0.5, 0.6) is 0 Å². The lowest BCUT2D eigenvalue weighted by Gasteiger charge is -2.20. The van der Waals surface area contributed by atoms with E-state index in [4.69, 9.17) is 10.7 Å². The molecule has 3 aliphatic rings. The Kier molecular flexibility index (Phi) is 6.57. The molecule has 0 bridgehead atoms. The van der Waals surface area contributed by atoms with E-state index >= 15 is 0 Å². The number of allylic oxidation sites excluding steroid dienone is 5. The van der Waals surface area contributed by atoms with Gasteiger partial charge in [-0.2, -0.15) is 0 Å². The average molecular weight is 521 g/mol. The van der Waals surface area contributed by atoms with Crippen molar-refractivity contribution >= 4 is 28.1 Å². The van der Waals surface area contributed by atoms with Gasteiger partial charge in [-0.05, 0) is 100 Å². The molecule has 4 aromatic carbocycles. The van der Waals surface area contributed by atoms with Crippen molar-refractivity contribution in [3.63, 3.8) is 0 Å². The lowest BCUT2D eigenvalue weighted by Crippen LogP contribution is -2.33. The summed E-state index contributed by atoms with van der Waals surface area (Å²) >= 11 is 0. The Morgan fingerprint density at radius 2 is 1.80 bits per heavy atom. The van der Waals surface area contributed by atoms with Crippen molar-refractivity contribution in [2.75, 3.05) is 0 Å². The van der Waals surface area contributed by atoms with Crippen molar-refractivity contribution in [3.8, 4) is 11.1 Å². The Bertz CT molecular complexity index is 1730. The molecule has 198 valence electrons. The highest BCUT2D eigenvalue weighted by molar-refractivity contribution is 6.03. The summed E-state index contributed by atoms with van der Waals surface area (Å²) in [6.45, 7) is 2.19. The van der Waals surface area contributed by atoms with Crippen LogP contribution in [0, 0.1) is 6.92 Å². The number of aryl methyl sites for hydroxylation is 1. The molecule has 0 saturated heterocycles. The summed E-state index contributed by atoms with van der Waals surface area (Å²) in [7, 11) is 0. The van der Waals surface area contributed by atoms with Crippen molar-refractivity contribution < 1.29 is 0 Å². The van der Waals surface area contributed by atoms with Gasteiger partial charge in [-0.25, -0.2) is 0 Å². The first-order chi connectivity index (χ1) is 19.6. The molecule has 2 N–H and O–H groups in total. The van der Waals surface area contributed by atoms with E-state index in [0.29, 0.717) is 0 Å². The molecule has 2 nitrogen and oxygen atoms in total. The maximum atomic E-state index is 6.23. The van der Waals surface area contributed by atoms with Crippen LogP contribution in [-0.2, 0) is 12.8 Å². The summed E-state index contributed by atoms with van der Waals surface area (Å²) < 4.78 is 0. The van der Waals surface area contributed by atoms with Crippen molar-refractivity contribution in [1.29, 1.82) is 0 Å². The second kappa shape index (κ2) is 10.5. The minimum atomic E-state index is 0.0400. The van der Waals surface area contributed by atoms with Gasteiger partial charge in [0.15, 0.2) is 0 Å². The third-order valence-electron chi connectivity index (χ3n) is 8.84. The van der Waals surface area contributed by atoms with Crippen LogP contribution in [0.3, 0.4) is 0 Å². The van der Waals surface area contributed by atoms with Crippen molar-refractivity contribution in [2.45, 2.75) is 57.5 Å². The first-order valence-electron chi connectivity index (χ1n) is 14.7. The van der Waals surface area contributed by atoms with Crippen LogP contribution < -0.4 is 5.73 Å². The van der Waals surface area contributed by atoms with Crippen LogP contribution in [0.2, 0.25) is 0 Å². The van der Waals surface area contributed by atoms with Crippen molar-refractivity contribution in [1.82, 2.24) is 0 Å². The van der Waals surface area contributed by atoms with E-state index < -0.39 is 0 Å². The van der Waals surface area contributed by atoms with Crippen LogP contribution in [0.15, 0.2) is 108 Å². The zero-order valence-electron chi connectivity index (χ0n) is 23.2. The molecule has 0 spiro atoms. The van der Waals surface area contributed by atoms with Gasteiger partial charge in [-0.1, -0.05) is 102 Å². The predicted octanol–water partition coefficient (Wildman–Crippen LogP) is 8.66. The summed E-state index contributed by atoms with van der Waals surface area (Å²) in [6, 6.07) is 29.7. The molecule has 4 aromatic rings. The van der Waals surface area contributed by atoms with Gasteiger partial charge >= 0.3 is 0 Å². The van der Waals surface area contributed by atoms with Crippen LogP contribution in [-0.4, -0.2) is 18.3 Å². The average Bonchev–Trinajstić information content (AvgIpc) is 3.36. The molecule has 0 radical (unpaired) electrons. The molecular weight excluding hydrogens is 484 g/mol. The molecule has 2 atom stereocenters. The number of fused-ring (bicyclic) bond motifs is 4. The highest BCUT2D eigenvalue weighted by Gasteiger charge is 2.25. The second-order valence-electron chi connectivity index (χ2n) is 11.7. The fourth-order valence-corrected chi connectivity index (χ4v) is 6.79. The van der Waals surface area contributed by atoms with Crippen LogP contribution in [0.4, 0.5) is 0 Å². The van der Waals surface area contributed by atoms with Crippen molar-refractivity contribution in [2.24, 2.45) is 10.7 Å². The molecular formula is C38H36N2. The second-order valence-corrected chi connectivity index (χ2v) is 11.7. The topological polar surface area (TPSA) is 38.4 Å². The smallest absolute Gasteiger partial charge is 0.0685 e. The van der Waals surface area contributed by atoms with Gasteiger partial charge < -0.3 is 5.73 Å². The number of nitrogens with two attached hydrogens (primary N) is 1. The molecule has 2 unspecified atom stereocenters. The highest BCUT2D eigenvalue weighted by atomic mass is 14.8. The van der Waals surface area contributed by atoms with Gasteiger partial charge in [0.2, 0.25) is 0 Å². The zero-order valence-corrected chi connectivity index (χ0v) is 23.2. The Morgan fingerprint density at radius 3 is 2.73 bits per heavy atom. The molecule has 0 amide bonds. The quantitative estimate of drug-likeness (QED) is 0.207. The summed E-state index contributed by atoms with van der Waals surface area (Å²) in [6.07, 6.45) is 15.1. The Balaban J connectivity index is 1.17. The van der Waals surface area contributed by atoms with E-state index in [1.54, 1.807) is 5.57 Å². The number of hydrogen-bond acceptors (Lipinski definition) is 2. The first kappa shape index (κ1) is 25.0. The highest BCUT2D eigenvalue weighted by Crippen LogP contribution is 2.45. The molecule has 3 aliphatic carbocycles. The fourth-order valence-electron chi connectivity index (χ4n) is 6.79. The minimum absolute atomic E-state index is 0.0400. The van der Waals surface area contributed by atoms with E-state index in [-0.39, 0.29) is 12.1 Å². The molecule has 40 heavy (non-hydrogen) atoms. The number of aliphatic imine (C=N–C) groups is 1. The summed E-state index contributed by atoms with van der Waals surface area (Å²) in [5.41, 5.74) is 20.1. The fraction of sp³-hybridized carbons (Fsp3) is 0.237. The molecule has 0 saturated carbocycles. The summed E-state index contributed by atoms with van der Waals surface area (Å²) in [4.78, 5) is 4.82. The van der Waals surface area contributed by atoms with E-state index in [1.165, 1.54) is 60.9 Å². The maximum Gasteiger partial charge on any atom is 0.0685 e. The SMILES string of the molecule is Cc1cc(CC=NC2CCC=CC2N)cc(-c2cccc(C3=CC4=C(CC3)Cc3ccc5ccccc5c34)c2)c1. The summed E-state index contributed by atoms with van der Waals surface area (Å²) in [5, 5.41) is 2.71. The monoisotopic (exact) mass is 520 g/mol. The lowest BCUT2D eigenvalue weighted by atomic mass is 9.87. The van der Waals surface area contributed by atoms with Gasteiger partial charge in [-0.3, -0.25) is 4.99 Å². The number of rotatable bonds is 5. The molecule has 7 rings (SSSR count). The molecule has 0 aliphatic heterocycles. The van der Waals surface area contributed by atoms with E-state index in [9.17, 15) is 0 Å². The zero-order chi connectivity index (χ0) is 27.1. The van der Waals surface area contributed by atoms with Crippen molar-refractivity contribution in [3.05, 3.63) is 130 Å². The van der Waals surface area contributed by atoms with E-state index in [2.05, 4.69) is 110 Å². The third-order valence-corrected chi connectivity index (χ3v) is 8.84. The van der Waals surface area contributed by atoms with Gasteiger partial charge in [0.05, 0.1) is 6.04 Å². The largest absolute Gasteiger partial charge is 0.323 e. The molecule has 0 heterocycles. The standard InChI is InChI=1S/C38H36N2/c1-25-19-26(17-18-40-37-12-5-4-11-36(37)39)21-33(20-25)29-9-6-8-28(22-29)30-14-15-31-23-32-16-13-27-7-2-3-10-34(27)38(32)35(31)24-30/h2-4,6-11,13,16,18-22,24,36-37H,5,12,14-15,17,23,39H2,1H3. The van der Waals surface area contributed by atoms with Crippen LogP contribution in [0.25, 0.3) is 33.0 Å². The van der Waals surface area contributed by atoms with Gasteiger partial charge in [0, 0.05) is 18.7 Å². The first-order valence-corrected chi connectivity index (χ1v) is 14.7. The van der Waals surface area contributed by atoms with Gasteiger partial charge in [-0.15, -0.1) is 0 Å². The normalized spacial score (nSPS) is 20.2. The number of hydrogen-bond donors (Lipinski definition) is 1. The van der Waals surface area contributed by atoms with Gasteiger partial charge in [0.1, 0.15) is 0 Å². The van der Waals surface area contributed by atoms with Crippen LogP contribution in [0.1, 0.15) is 53.5 Å². The molecule has 0 fully saturated rings. The van der Waals surface area contributed by atoms with Crippen LogP contribution >= 0.6 is 0 Å². The van der Waals surface area contributed by atoms with E-state index in [0.717, 1.165) is 38.5 Å². The molecule has 0 aromatic heterocycles. The minimum Gasteiger partial charge on any atom is -0.323 e. The molecule has 2 heteroatoms. The Labute approximate surface area is 237 Å². The van der Waals surface area contributed by atoms with Gasteiger partial charge in [0.25, 0.3) is 0 Å². The lowest BCUT2D eigenvalue weighted by molar-refractivity contribution is 0.544. The third kappa shape index (κ3) is 4.78. The number of benzene rings is 4. The van der Waals surface area contributed by atoms with E-state index in [1.807, 2.05) is 0 Å². The Hall–Kier alpha value is -4.01. The summed E-state index contributed by atoms with van der Waals surface area (Å²) in [5.74, 6) is 0. The predicted molar refractivity (Wildman–Crippen MR) is 171 cm³/mol. The number of nitrogens with zero attached hydrogens (tertiary/aromatic N) is 1. The Morgan fingerprint density at radius 1 is 0.900 bits per heavy atom.